The molecule has 1 saturated heterocycles. The number of pyridine rings is 1. The Labute approximate surface area is 188 Å². The summed E-state index contributed by atoms with van der Waals surface area (Å²) in [6.07, 6.45) is 5.38. The number of halogens is 2. The van der Waals surface area contributed by atoms with Gasteiger partial charge in [0.25, 0.3) is 0 Å². The molecule has 1 aliphatic rings. The summed E-state index contributed by atoms with van der Waals surface area (Å²) in [5.74, 6) is 0.930. The lowest BCUT2D eigenvalue weighted by molar-refractivity contribution is -0.0498. The first-order valence-corrected chi connectivity index (χ1v) is 10.9. The van der Waals surface area contributed by atoms with Gasteiger partial charge in [-0.1, -0.05) is 24.3 Å². The topological polar surface area (TPSA) is 76.0 Å². The highest BCUT2D eigenvalue weighted by Crippen LogP contribution is 2.27. The number of piperidine rings is 1. The summed E-state index contributed by atoms with van der Waals surface area (Å²) < 4.78 is 30.5. The molecule has 0 aliphatic carbocycles. The van der Waals surface area contributed by atoms with Crippen LogP contribution < -0.4 is 10.4 Å². The lowest BCUT2D eigenvalue weighted by atomic mass is 9.97. The van der Waals surface area contributed by atoms with E-state index in [-0.39, 0.29) is 17.4 Å². The normalized spacial score (nSPS) is 17.0. The van der Waals surface area contributed by atoms with Crippen molar-refractivity contribution >= 4 is 10.8 Å². The zero-order valence-corrected chi connectivity index (χ0v) is 17.8. The van der Waals surface area contributed by atoms with Crippen LogP contribution in [0.4, 0.5) is 8.78 Å². The van der Waals surface area contributed by atoms with Gasteiger partial charge in [0.1, 0.15) is 11.6 Å². The molecule has 1 N–H and O–H groups in total. The molecule has 170 valence electrons. The van der Waals surface area contributed by atoms with Crippen molar-refractivity contribution in [2.45, 2.75) is 31.9 Å². The number of nitrogens with zero attached hydrogens (tertiary/aromatic N) is 4. The molecular weight excluding hydrogens is 428 g/mol. The standard InChI is InChI=1S/C24H23F2N5O2/c25-23(26)33-19-8-6-16(7-9-19)14-30-12-2-4-18(15-30)22-28-24(32)31(29-22)21-5-1-3-17-13-27-11-10-20(17)21/h1,3,5-11,13,18,23H,2,4,12,14-15H2,(H,28,29,32). The number of ether oxygens (including phenoxy) is 1. The third-order valence-electron chi connectivity index (χ3n) is 5.97. The van der Waals surface area contributed by atoms with Gasteiger partial charge in [0.15, 0.2) is 0 Å². The summed E-state index contributed by atoms with van der Waals surface area (Å²) in [5.41, 5.74) is 1.47. The highest BCUT2D eigenvalue weighted by atomic mass is 19.3. The number of aromatic nitrogens is 4. The van der Waals surface area contributed by atoms with Crippen molar-refractivity contribution in [1.29, 1.82) is 0 Å². The SMILES string of the molecule is O=c1[nH]c(C2CCCN(Cc3ccc(OC(F)F)cc3)C2)nn1-c1cccc2cnccc12. The molecule has 0 amide bonds. The Morgan fingerprint density at radius 3 is 2.82 bits per heavy atom. The van der Waals surface area contributed by atoms with Crippen molar-refractivity contribution in [2.24, 2.45) is 0 Å². The number of alkyl halides is 2. The second-order valence-electron chi connectivity index (χ2n) is 8.20. The van der Waals surface area contributed by atoms with Crippen LogP contribution in [0.3, 0.4) is 0 Å². The molecule has 0 saturated carbocycles. The van der Waals surface area contributed by atoms with Crippen molar-refractivity contribution in [1.82, 2.24) is 24.6 Å². The Morgan fingerprint density at radius 2 is 2.00 bits per heavy atom. The number of aromatic amines is 1. The first kappa shape index (κ1) is 21.3. The van der Waals surface area contributed by atoms with Crippen LogP contribution in [0.1, 0.15) is 30.1 Å². The molecule has 2 aromatic heterocycles. The largest absolute Gasteiger partial charge is 0.435 e. The summed E-state index contributed by atoms with van der Waals surface area (Å²) in [7, 11) is 0. The third kappa shape index (κ3) is 4.63. The van der Waals surface area contributed by atoms with Crippen molar-refractivity contribution in [2.75, 3.05) is 13.1 Å². The number of benzene rings is 2. The van der Waals surface area contributed by atoms with Gasteiger partial charge >= 0.3 is 12.3 Å². The maximum atomic E-state index is 12.8. The molecule has 9 heteroatoms. The van der Waals surface area contributed by atoms with E-state index in [0.29, 0.717) is 12.4 Å². The average molecular weight is 451 g/mol. The van der Waals surface area contributed by atoms with Crippen LogP contribution in [-0.4, -0.2) is 44.3 Å². The van der Waals surface area contributed by atoms with E-state index in [1.807, 2.05) is 24.3 Å². The highest BCUT2D eigenvalue weighted by molar-refractivity contribution is 5.89. The van der Waals surface area contributed by atoms with Crippen LogP contribution in [0.2, 0.25) is 0 Å². The highest BCUT2D eigenvalue weighted by Gasteiger charge is 2.25. The summed E-state index contributed by atoms with van der Waals surface area (Å²) in [6, 6.07) is 14.3. The molecule has 2 aromatic carbocycles. The molecule has 5 rings (SSSR count). The van der Waals surface area contributed by atoms with E-state index in [1.165, 1.54) is 4.68 Å². The molecule has 33 heavy (non-hydrogen) atoms. The van der Waals surface area contributed by atoms with E-state index in [2.05, 4.69) is 24.7 Å². The lowest BCUT2D eigenvalue weighted by Gasteiger charge is -2.31. The maximum Gasteiger partial charge on any atom is 0.387 e. The van der Waals surface area contributed by atoms with Gasteiger partial charge in [-0.2, -0.15) is 13.5 Å². The predicted molar refractivity (Wildman–Crippen MR) is 120 cm³/mol. The lowest BCUT2D eigenvalue weighted by Crippen LogP contribution is -2.34. The molecule has 3 heterocycles. The number of likely N-dealkylation sites (tertiary alicyclic amines) is 1. The minimum absolute atomic E-state index is 0.103. The molecule has 7 nitrogen and oxygen atoms in total. The molecule has 1 aliphatic heterocycles. The van der Waals surface area contributed by atoms with Crippen LogP contribution in [0, 0.1) is 0 Å². The summed E-state index contributed by atoms with van der Waals surface area (Å²) in [5, 5.41) is 6.51. The summed E-state index contributed by atoms with van der Waals surface area (Å²) >= 11 is 0. The van der Waals surface area contributed by atoms with E-state index in [4.69, 9.17) is 0 Å². The number of hydrogen-bond donors (Lipinski definition) is 1. The zero-order valence-electron chi connectivity index (χ0n) is 17.8. The minimum atomic E-state index is -2.83. The fourth-order valence-electron chi connectivity index (χ4n) is 4.43. The molecule has 1 fully saturated rings. The molecule has 0 radical (unpaired) electrons. The van der Waals surface area contributed by atoms with E-state index < -0.39 is 6.61 Å². The number of hydrogen-bond acceptors (Lipinski definition) is 5. The maximum absolute atomic E-state index is 12.8. The third-order valence-corrected chi connectivity index (χ3v) is 5.97. The van der Waals surface area contributed by atoms with Crippen LogP contribution >= 0.6 is 0 Å². The smallest absolute Gasteiger partial charge is 0.387 e. The second kappa shape index (κ2) is 9.11. The zero-order chi connectivity index (χ0) is 22.8. The molecule has 1 atom stereocenters. The number of nitrogens with one attached hydrogen (secondary N) is 1. The fourth-order valence-corrected chi connectivity index (χ4v) is 4.43. The number of fused-ring (bicyclic) bond motifs is 1. The monoisotopic (exact) mass is 451 g/mol. The van der Waals surface area contributed by atoms with Gasteiger partial charge in [-0.05, 0) is 49.2 Å². The van der Waals surface area contributed by atoms with Crippen molar-refractivity contribution in [3.8, 4) is 11.4 Å². The van der Waals surface area contributed by atoms with Gasteiger partial charge in [0.05, 0.1) is 5.69 Å². The van der Waals surface area contributed by atoms with Gasteiger partial charge in [-0.25, -0.2) is 4.79 Å². The van der Waals surface area contributed by atoms with Crippen LogP contribution in [0.5, 0.6) is 5.75 Å². The predicted octanol–water partition coefficient (Wildman–Crippen LogP) is 4.09. The average Bonchev–Trinajstić information content (AvgIpc) is 3.21. The van der Waals surface area contributed by atoms with Crippen molar-refractivity contribution in [3.63, 3.8) is 0 Å². The first-order valence-electron chi connectivity index (χ1n) is 10.9. The Bertz CT molecular complexity index is 1300. The molecule has 1 unspecified atom stereocenters. The van der Waals surface area contributed by atoms with Crippen molar-refractivity contribution < 1.29 is 13.5 Å². The molecule has 4 aromatic rings. The van der Waals surface area contributed by atoms with E-state index >= 15 is 0 Å². The van der Waals surface area contributed by atoms with Gasteiger partial charge < -0.3 is 4.74 Å². The molecule has 0 bridgehead atoms. The Balaban J connectivity index is 1.33. The van der Waals surface area contributed by atoms with Crippen LogP contribution in [-0.2, 0) is 6.54 Å². The number of rotatable bonds is 6. The Kier molecular flexibility index (Phi) is 5.87. The quantitative estimate of drug-likeness (QED) is 0.478. The Hall–Kier alpha value is -3.59. The second-order valence-corrected chi connectivity index (χ2v) is 8.20. The van der Waals surface area contributed by atoms with Gasteiger partial charge in [-0.3, -0.25) is 14.9 Å². The Morgan fingerprint density at radius 1 is 1.15 bits per heavy atom. The number of H-pyrrole nitrogens is 1. The van der Waals surface area contributed by atoms with Crippen LogP contribution in [0.15, 0.2) is 65.7 Å². The van der Waals surface area contributed by atoms with E-state index in [9.17, 15) is 13.6 Å². The molecular formula is C24H23F2N5O2. The van der Waals surface area contributed by atoms with Crippen LogP contribution in [0.25, 0.3) is 16.5 Å². The fraction of sp³-hybridized carbons (Fsp3) is 0.292. The van der Waals surface area contributed by atoms with Gasteiger partial charge in [0, 0.05) is 42.2 Å². The van der Waals surface area contributed by atoms with E-state index in [0.717, 1.165) is 48.0 Å². The first-order chi connectivity index (χ1) is 16.1. The molecule has 0 spiro atoms. The summed E-state index contributed by atoms with van der Waals surface area (Å²) in [4.78, 5) is 22.1. The van der Waals surface area contributed by atoms with Crippen molar-refractivity contribution in [3.05, 3.63) is 82.8 Å². The van der Waals surface area contributed by atoms with Gasteiger partial charge in [0.2, 0.25) is 0 Å². The summed E-state index contributed by atoms with van der Waals surface area (Å²) in [6.45, 7) is -0.465. The van der Waals surface area contributed by atoms with E-state index in [1.54, 1.807) is 36.7 Å². The minimum Gasteiger partial charge on any atom is -0.435 e. The van der Waals surface area contributed by atoms with Gasteiger partial charge in [-0.15, -0.1) is 5.10 Å².